The van der Waals surface area contributed by atoms with Crippen molar-refractivity contribution in [1.29, 1.82) is 0 Å². The lowest BCUT2D eigenvalue weighted by atomic mass is 10.1. The molecule has 4 nitrogen and oxygen atoms in total. The van der Waals surface area contributed by atoms with E-state index in [1.807, 2.05) is 0 Å². The average molecular weight is 143 g/mol. The van der Waals surface area contributed by atoms with Gasteiger partial charge in [-0.15, -0.1) is 0 Å². The van der Waals surface area contributed by atoms with Gasteiger partial charge in [0.15, 0.2) is 5.88 Å². The largest absolute Gasteiger partial charge is 0.478 e. The van der Waals surface area contributed by atoms with Gasteiger partial charge in [0, 0.05) is 6.42 Å². The van der Waals surface area contributed by atoms with Gasteiger partial charge in [0.25, 0.3) is 0 Å². The molecule has 0 saturated carbocycles. The number of ether oxygens (including phenoxy) is 1. The minimum Gasteiger partial charge on any atom is -0.478 e. The van der Waals surface area contributed by atoms with Crippen molar-refractivity contribution in [2.24, 2.45) is 5.73 Å². The van der Waals surface area contributed by atoms with Crippen LogP contribution in [-0.2, 0) is 9.53 Å². The Labute approximate surface area is 58.3 Å². The van der Waals surface area contributed by atoms with Gasteiger partial charge in [-0.1, -0.05) is 0 Å². The van der Waals surface area contributed by atoms with E-state index in [-0.39, 0.29) is 5.88 Å². The summed E-state index contributed by atoms with van der Waals surface area (Å²) in [4.78, 5) is 10.5. The zero-order chi connectivity index (χ0) is 7.78. The van der Waals surface area contributed by atoms with E-state index >= 15 is 0 Å². The SMILES string of the molecule is CC1(C(=O)O)CC=C(N)O1. The second-order valence-electron chi connectivity index (χ2n) is 2.45. The van der Waals surface area contributed by atoms with E-state index in [4.69, 9.17) is 15.6 Å². The van der Waals surface area contributed by atoms with Crippen molar-refractivity contribution >= 4 is 5.97 Å². The highest BCUT2D eigenvalue weighted by atomic mass is 16.5. The van der Waals surface area contributed by atoms with Gasteiger partial charge < -0.3 is 15.6 Å². The van der Waals surface area contributed by atoms with Crippen LogP contribution in [0.3, 0.4) is 0 Å². The molecule has 0 aromatic heterocycles. The summed E-state index contributed by atoms with van der Waals surface area (Å²) in [6, 6.07) is 0. The fourth-order valence-corrected chi connectivity index (χ4v) is 0.770. The maximum Gasteiger partial charge on any atom is 0.348 e. The number of carboxylic acids is 1. The molecular weight excluding hydrogens is 134 g/mol. The van der Waals surface area contributed by atoms with Crippen LogP contribution in [0, 0.1) is 0 Å². The Hall–Kier alpha value is -1.19. The standard InChI is InChI=1S/C6H9NO3/c1-6(5(8)9)3-2-4(7)10-6/h2H,3,7H2,1H3,(H,8,9). The zero-order valence-corrected chi connectivity index (χ0v) is 5.63. The Morgan fingerprint density at radius 3 is 2.80 bits per heavy atom. The molecule has 0 aromatic rings. The van der Waals surface area contributed by atoms with Gasteiger partial charge >= 0.3 is 5.97 Å². The van der Waals surface area contributed by atoms with E-state index < -0.39 is 11.6 Å². The molecular formula is C6H9NO3. The van der Waals surface area contributed by atoms with Crippen LogP contribution >= 0.6 is 0 Å². The number of carbonyl (C=O) groups is 1. The molecule has 1 rings (SSSR count). The third-order valence-corrected chi connectivity index (χ3v) is 1.49. The molecule has 1 aliphatic heterocycles. The maximum absolute atomic E-state index is 10.5. The van der Waals surface area contributed by atoms with E-state index in [0.29, 0.717) is 6.42 Å². The molecule has 10 heavy (non-hydrogen) atoms. The van der Waals surface area contributed by atoms with Crippen molar-refractivity contribution in [2.45, 2.75) is 18.9 Å². The number of hydrogen-bond donors (Lipinski definition) is 2. The van der Waals surface area contributed by atoms with E-state index in [1.54, 1.807) is 6.08 Å². The molecule has 0 saturated heterocycles. The summed E-state index contributed by atoms with van der Waals surface area (Å²) in [5.41, 5.74) is 4.09. The summed E-state index contributed by atoms with van der Waals surface area (Å²) in [7, 11) is 0. The number of nitrogens with two attached hydrogens (primary N) is 1. The van der Waals surface area contributed by atoms with Crippen LogP contribution in [0.2, 0.25) is 0 Å². The normalized spacial score (nSPS) is 31.1. The summed E-state index contributed by atoms with van der Waals surface area (Å²) in [6.45, 7) is 1.49. The molecule has 1 aliphatic rings. The van der Waals surface area contributed by atoms with Crippen LogP contribution in [-0.4, -0.2) is 16.7 Å². The predicted molar refractivity (Wildman–Crippen MR) is 34.0 cm³/mol. The average Bonchev–Trinajstić information content (AvgIpc) is 2.13. The Bertz CT molecular complexity index is 199. The topological polar surface area (TPSA) is 72.5 Å². The first-order valence-electron chi connectivity index (χ1n) is 2.93. The quantitative estimate of drug-likeness (QED) is 0.544. The third kappa shape index (κ3) is 0.920. The fraction of sp³-hybridized carbons (Fsp3) is 0.500. The zero-order valence-electron chi connectivity index (χ0n) is 5.63. The summed E-state index contributed by atoms with van der Waals surface area (Å²) >= 11 is 0. The van der Waals surface area contributed by atoms with E-state index in [9.17, 15) is 4.79 Å². The lowest BCUT2D eigenvalue weighted by Gasteiger charge is -2.18. The molecule has 0 spiro atoms. The molecule has 1 heterocycles. The molecule has 0 radical (unpaired) electrons. The summed E-state index contributed by atoms with van der Waals surface area (Å²) < 4.78 is 4.85. The third-order valence-electron chi connectivity index (χ3n) is 1.49. The van der Waals surface area contributed by atoms with Crippen molar-refractivity contribution in [1.82, 2.24) is 0 Å². The maximum atomic E-state index is 10.5. The van der Waals surface area contributed by atoms with Gasteiger partial charge in [0.2, 0.25) is 5.60 Å². The van der Waals surface area contributed by atoms with Crippen molar-refractivity contribution in [3.63, 3.8) is 0 Å². The molecule has 0 amide bonds. The Kier molecular flexibility index (Phi) is 1.31. The van der Waals surface area contributed by atoms with Gasteiger partial charge in [-0.05, 0) is 13.0 Å². The molecule has 0 aliphatic carbocycles. The lowest BCUT2D eigenvalue weighted by Crippen LogP contribution is -2.35. The predicted octanol–water partition coefficient (Wildman–Crippen LogP) is 0.0501. The molecule has 0 aromatic carbocycles. The molecule has 1 unspecified atom stereocenters. The highest BCUT2D eigenvalue weighted by Gasteiger charge is 2.38. The first kappa shape index (κ1) is 6.92. The number of rotatable bonds is 1. The van der Waals surface area contributed by atoms with Crippen LogP contribution in [0.4, 0.5) is 0 Å². The van der Waals surface area contributed by atoms with Crippen molar-refractivity contribution in [3.05, 3.63) is 12.0 Å². The summed E-state index contributed by atoms with van der Waals surface area (Å²) in [5.74, 6) is -0.783. The lowest BCUT2D eigenvalue weighted by molar-refractivity contribution is -0.156. The van der Waals surface area contributed by atoms with Gasteiger partial charge in [-0.25, -0.2) is 4.79 Å². The minimum atomic E-state index is -1.13. The number of carboxylic acid groups (broad SMARTS) is 1. The van der Waals surface area contributed by atoms with Crippen LogP contribution in [0.1, 0.15) is 13.3 Å². The molecule has 56 valence electrons. The van der Waals surface area contributed by atoms with Crippen LogP contribution in [0.25, 0.3) is 0 Å². The number of hydrogen-bond acceptors (Lipinski definition) is 3. The van der Waals surface area contributed by atoms with Gasteiger partial charge in [0.05, 0.1) is 0 Å². The monoisotopic (exact) mass is 143 g/mol. The number of aliphatic carboxylic acids is 1. The summed E-state index contributed by atoms with van der Waals surface area (Å²) in [6.07, 6.45) is 1.91. The molecule has 1 atom stereocenters. The Morgan fingerprint density at radius 1 is 2.00 bits per heavy atom. The van der Waals surface area contributed by atoms with Crippen molar-refractivity contribution in [2.75, 3.05) is 0 Å². The van der Waals surface area contributed by atoms with Crippen molar-refractivity contribution in [3.8, 4) is 0 Å². The minimum absolute atomic E-state index is 0.199. The molecule has 0 fully saturated rings. The summed E-state index contributed by atoms with van der Waals surface area (Å²) in [5, 5.41) is 8.58. The highest BCUT2D eigenvalue weighted by molar-refractivity contribution is 5.77. The smallest absolute Gasteiger partial charge is 0.348 e. The Balaban J connectivity index is 2.70. The second kappa shape index (κ2) is 1.90. The fourth-order valence-electron chi connectivity index (χ4n) is 0.770. The second-order valence-corrected chi connectivity index (χ2v) is 2.45. The highest BCUT2D eigenvalue weighted by Crippen LogP contribution is 2.25. The van der Waals surface area contributed by atoms with Crippen LogP contribution < -0.4 is 5.73 Å². The first-order chi connectivity index (χ1) is 4.54. The Morgan fingerprint density at radius 2 is 2.60 bits per heavy atom. The van der Waals surface area contributed by atoms with Crippen LogP contribution in [0.15, 0.2) is 12.0 Å². The van der Waals surface area contributed by atoms with E-state index in [0.717, 1.165) is 0 Å². The van der Waals surface area contributed by atoms with Crippen molar-refractivity contribution < 1.29 is 14.6 Å². The molecule has 4 heteroatoms. The first-order valence-corrected chi connectivity index (χ1v) is 2.93. The van der Waals surface area contributed by atoms with Gasteiger partial charge in [-0.2, -0.15) is 0 Å². The van der Waals surface area contributed by atoms with Gasteiger partial charge in [-0.3, -0.25) is 0 Å². The van der Waals surface area contributed by atoms with E-state index in [2.05, 4.69) is 0 Å². The molecule has 0 bridgehead atoms. The molecule has 3 N–H and O–H groups in total. The van der Waals surface area contributed by atoms with Gasteiger partial charge in [0.1, 0.15) is 0 Å². The van der Waals surface area contributed by atoms with Crippen LogP contribution in [0.5, 0.6) is 0 Å². The van der Waals surface area contributed by atoms with E-state index in [1.165, 1.54) is 6.92 Å².